The van der Waals surface area contributed by atoms with E-state index in [4.69, 9.17) is 18.9 Å². The maximum atomic E-state index is 12.9. The molecule has 302 valence electrons. The van der Waals surface area contributed by atoms with Crippen molar-refractivity contribution in [3.63, 3.8) is 0 Å². The molecular weight excluding hydrogens is 720 g/mol. The number of likely N-dealkylation sites (tertiary alicyclic amines) is 2. The summed E-state index contributed by atoms with van der Waals surface area (Å²) in [6, 6.07) is -6.44. The van der Waals surface area contributed by atoms with Crippen LogP contribution in [0, 0.1) is 0 Å². The number of carbonyl (C=O) groups is 10. The smallest absolute Gasteiger partial charge is 0.329 e. The third-order valence-corrected chi connectivity index (χ3v) is 7.66. The average molecular weight is 771 g/mol. The highest BCUT2D eigenvalue weighted by Crippen LogP contribution is 2.22. The van der Waals surface area contributed by atoms with Crippen molar-refractivity contribution in [3.05, 3.63) is 0 Å². The number of carboxylic acid groups (broad SMARTS) is 2. The number of ether oxygens (including phenoxy) is 4. The second-order valence-corrected chi connectivity index (χ2v) is 14.5. The van der Waals surface area contributed by atoms with Crippen molar-refractivity contribution >= 4 is 59.3 Å². The number of imide groups is 2. The summed E-state index contributed by atoms with van der Waals surface area (Å²) in [5.74, 6) is -9.25. The van der Waals surface area contributed by atoms with Crippen LogP contribution in [0.3, 0.4) is 0 Å². The molecule has 20 heteroatoms. The molecule has 0 bridgehead atoms. The molecular formula is C34H50N4O16. The standard InChI is InChI=1S/C34H50N4O16/c1-33(2,3)53-31(49)19(17-21(29(45)46)37-25(41)7-8-26(37)42)35-23(39)11-13-51-15-16-52-14-12-24(40)36-20(32(50)54-34(4,5)6)18-22(30(47)48)38-27(43)9-10-28(38)44/h19-22H,7-18H2,1-6H3,(H,35,39)(H,36,40)(H,45,46)(H,47,48). The third-order valence-electron chi connectivity index (χ3n) is 7.66. The summed E-state index contributed by atoms with van der Waals surface area (Å²) in [6.45, 7) is 9.00. The average Bonchev–Trinajstić information content (AvgIpc) is 3.54. The summed E-state index contributed by atoms with van der Waals surface area (Å²) >= 11 is 0. The van der Waals surface area contributed by atoms with Gasteiger partial charge in [0.05, 0.1) is 26.4 Å². The maximum Gasteiger partial charge on any atom is 0.329 e. The van der Waals surface area contributed by atoms with Crippen molar-refractivity contribution in [2.24, 2.45) is 0 Å². The molecule has 2 aliphatic heterocycles. The van der Waals surface area contributed by atoms with Gasteiger partial charge in [-0.2, -0.15) is 0 Å². The molecule has 2 aliphatic rings. The van der Waals surface area contributed by atoms with E-state index in [0.29, 0.717) is 9.80 Å². The molecule has 0 aromatic carbocycles. The van der Waals surface area contributed by atoms with E-state index in [0.717, 1.165) is 0 Å². The van der Waals surface area contributed by atoms with Gasteiger partial charge in [-0.1, -0.05) is 0 Å². The Kier molecular flexibility index (Phi) is 16.7. The first kappa shape index (κ1) is 45.2. The Bertz CT molecular complexity index is 1330. The number of nitrogens with one attached hydrogen (secondary N) is 2. The number of amides is 6. The topological polar surface area (TPSA) is 279 Å². The molecule has 0 aliphatic carbocycles. The summed E-state index contributed by atoms with van der Waals surface area (Å²) in [7, 11) is 0. The van der Waals surface area contributed by atoms with Crippen LogP contribution in [0.4, 0.5) is 0 Å². The Morgan fingerprint density at radius 2 is 0.870 bits per heavy atom. The maximum absolute atomic E-state index is 12.9. The van der Waals surface area contributed by atoms with Crippen LogP contribution in [0.15, 0.2) is 0 Å². The molecule has 4 unspecified atom stereocenters. The fourth-order valence-electron chi connectivity index (χ4n) is 5.32. The molecule has 0 radical (unpaired) electrons. The van der Waals surface area contributed by atoms with Gasteiger partial charge in [-0.15, -0.1) is 0 Å². The second kappa shape index (κ2) is 19.9. The lowest BCUT2D eigenvalue weighted by Gasteiger charge is -2.29. The molecule has 20 nitrogen and oxygen atoms in total. The number of nitrogens with zero attached hydrogens (tertiary/aromatic N) is 2. The Morgan fingerprint density at radius 3 is 1.13 bits per heavy atom. The van der Waals surface area contributed by atoms with Crippen molar-refractivity contribution in [3.8, 4) is 0 Å². The van der Waals surface area contributed by atoms with E-state index in [9.17, 15) is 58.2 Å². The minimum atomic E-state index is -1.71. The van der Waals surface area contributed by atoms with E-state index in [2.05, 4.69) is 10.6 Å². The van der Waals surface area contributed by atoms with E-state index < -0.39 is 108 Å². The van der Waals surface area contributed by atoms with Gasteiger partial charge >= 0.3 is 23.9 Å². The minimum Gasteiger partial charge on any atom is -0.480 e. The molecule has 6 amide bonds. The highest BCUT2D eigenvalue weighted by Gasteiger charge is 2.43. The molecule has 54 heavy (non-hydrogen) atoms. The van der Waals surface area contributed by atoms with Crippen molar-refractivity contribution in [2.45, 2.75) is 128 Å². The quantitative estimate of drug-likeness (QED) is 0.0646. The van der Waals surface area contributed by atoms with Crippen LogP contribution in [0.1, 0.15) is 92.9 Å². The number of carboxylic acids is 2. The summed E-state index contributed by atoms with van der Waals surface area (Å²) in [6.07, 6.45) is -2.47. The minimum absolute atomic E-state index is 0.0383. The Hall–Kier alpha value is -4.98. The van der Waals surface area contributed by atoms with Gasteiger partial charge in [0.15, 0.2) is 0 Å². The molecule has 2 saturated heterocycles. The fraction of sp³-hybridized carbons (Fsp3) is 0.706. The van der Waals surface area contributed by atoms with Crippen LogP contribution in [0.5, 0.6) is 0 Å². The monoisotopic (exact) mass is 770 g/mol. The lowest BCUT2D eigenvalue weighted by molar-refractivity contribution is -0.162. The van der Waals surface area contributed by atoms with Crippen LogP contribution < -0.4 is 10.6 Å². The summed E-state index contributed by atoms with van der Waals surface area (Å²) in [4.78, 5) is 125. The zero-order valence-electron chi connectivity index (χ0n) is 31.3. The molecule has 0 spiro atoms. The number of esters is 2. The predicted octanol–water partition coefficient (Wildman–Crippen LogP) is -0.563. The molecule has 0 saturated carbocycles. The summed E-state index contributed by atoms with van der Waals surface area (Å²) in [5, 5.41) is 24.3. The van der Waals surface area contributed by atoms with Gasteiger partial charge in [0.1, 0.15) is 35.4 Å². The first-order valence-electron chi connectivity index (χ1n) is 17.4. The van der Waals surface area contributed by atoms with Gasteiger partial charge in [-0.25, -0.2) is 19.2 Å². The van der Waals surface area contributed by atoms with Crippen molar-refractivity contribution < 1.29 is 77.1 Å². The molecule has 2 fully saturated rings. The van der Waals surface area contributed by atoms with Gasteiger partial charge in [-0.3, -0.25) is 38.6 Å². The number of hydrogen-bond acceptors (Lipinski definition) is 14. The van der Waals surface area contributed by atoms with Crippen LogP contribution in [-0.4, -0.2) is 141 Å². The molecule has 0 aromatic rings. The van der Waals surface area contributed by atoms with Crippen LogP contribution in [0.2, 0.25) is 0 Å². The first-order valence-corrected chi connectivity index (χ1v) is 17.4. The zero-order valence-corrected chi connectivity index (χ0v) is 31.3. The largest absolute Gasteiger partial charge is 0.480 e. The molecule has 0 aromatic heterocycles. The number of aliphatic carboxylic acids is 2. The van der Waals surface area contributed by atoms with E-state index in [1.54, 1.807) is 41.5 Å². The summed E-state index contributed by atoms with van der Waals surface area (Å²) < 4.78 is 21.4. The van der Waals surface area contributed by atoms with E-state index in [1.165, 1.54) is 0 Å². The SMILES string of the molecule is CC(C)(C)OC(=O)C(CC(C(=O)O)N1C(=O)CCC1=O)NC(=O)CCOCCOCCC(=O)NC(CC(C(=O)O)N1C(=O)CCC1=O)C(=O)OC(C)(C)C. The van der Waals surface area contributed by atoms with Gasteiger partial charge in [-0.05, 0) is 41.5 Å². The first-order chi connectivity index (χ1) is 25.0. The predicted molar refractivity (Wildman–Crippen MR) is 181 cm³/mol. The third kappa shape index (κ3) is 14.8. The van der Waals surface area contributed by atoms with Crippen molar-refractivity contribution in [1.29, 1.82) is 0 Å². The lowest BCUT2D eigenvalue weighted by atomic mass is 10.0. The van der Waals surface area contributed by atoms with E-state index in [1.807, 2.05) is 0 Å². The van der Waals surface area contributed by atoms with E-state index in [-0.39, 0.29) is 65.0 Å². The van der Waals surface area contributed by atoms with Crippen LogP contribution in [-0.2, 0) is 66.9 Å². The lowest BCUT2D eigenvalue weighted by Crippen LogP contribution is -2.52. The number of rotatable bonds is 21. The highest BCUT2D eigenvalue weighted by atomic mass is 16.6. The van der Waals surface area contributed by atoms with Crippen molar-refractivity contribution in [1.82, 2.24) is 20.4 Å². The van der Waals surface area contributed by atoms with Gasteiger partial charge < -0.3 is 39.8 Å². The van der Waals surface area contributed by atoms with Crippen LogP contribution >= 0.6 is 0 Å². The van der Waals surface area contributed by atoms with Gasteiger partial charge in [0, 0.05) is 51.4 Å². The van der Waals surface area contributed by atoms with Crippen molar-refractivity contribution in [2.75, 3.05) is 26.4 Å². The normalized spacial score (nSPS) is 17.1. The fourth-order valence-corrected chi connectivity index (χ4v) is 5.32. The molecule has 2 heterocycles. The van der Waals surface area contributed by atoms with Gasteiger partial charge in [0.2, 0.25) is 35.4 Å². The van der Waals surface area contributed by atoms with Gasteiger partial charge in [0.25, 0.3) is 0 Å². The van der Waals surface area contributed by atoms with E-state index >= 15 is 0 Å². The second-order valence-electron chi connectivity index (χ2n) is 14.5. The van der Waals surface area contributed by atoms with Crippen LogP contribution in [0.25, 0.3) is 0 Å². The Labute approximate surface area is 311 Å². The molecule has 4 N–H and O–H groups in total. The highest BCUT2D eigenvalue weighted by molar-refractivity contribution is 6.06. The Morgan fingerprint density at radius 1 is 0.574 bits per heavy atom. The molecule has 4 atom stereocenters. The number of hydrogen-bond donors (Lipinski definition) is 4. The number of carbonyl (C=O) groups excluding carboxylic acids is 8. The molecule has 2 rings (SSSR count). The zero-order chi connectivity index (χ0) is 41.0. The summed E-state index contributed by atoms with van der Waals surface area (Å²) in [5.41, 5.74) is -2.00. The Balaban J connectivity index is 1.86.